The molecule has 5 rings (SSSR count). The van der Waals surface area contributed by atoms with E-state index in [0.29, 0.717) is 11.3 Å². The third-order valence-electron chi connectivity index (χ3n) is 5.50. The maximum absolute atomic E-state index is 13.9. The molecule has 8 heteroatoms. The lowest BCUT2D eigenvalue weighted by Crippen LogP contribution is -2.37. The summed E-state index contributed by atoms with van der Waals surface area (Å²) in [5, 5.41) is 1.53. The molecule has 2 amide bonds. The summed E-state index contributed by atoms with van der Waals surface area (Å²) in [5.41, 5.74) is 1.56. The number of para-hydroxylation sites is 1. The van der Waals surface area contributed by atoms with Crippen molar-refractivity contribution in [3.8, 4) is 0 Å². The molecule has 0 saturated carbocycles. The molecule has 0 aromatic heterocycles. The van der Waals surface area contributed by atoms with Crippen LogP contribution in [0.25, 0.3) is 0 Å². The van der Waals surface area contributed by atoms with Crippen molar-refractivity contribution < 1.29 is 23.2 Å². The van der Waals surface area contributed by atoms with Crippen molar-refractivity contribution in [3.05, 3.63) is 94.5 Å². The van der Waals surface area contributed by atoms with Gasteiger partial charge in [0.05, 0.1) is 21.9 Å². The third-order valence-corrected chi connectivity index (χ3v) is 6.10. The highest BCUT2D eigenvalue weighted by atomic mass is 79.9. The highest BCUT2D eigenvalue weighted by molar-refractivity contribution is 9.10. The molecule has 3 aromatic rings. The van der Waals surface area contributed by atoms with Gasteiger partial charge in [-0.3, -0.25) is 14.4 Å². The van der Waals surface area contributed by atoms with Gasteiger partial charge in [-0.1, -0.05) is 24.3 Å². The summed E-state index contributed by atoms with van der Waals surface area (Å²) >= 11 is 3.19. The van der Waals surface area contributed by atoms with Crippen LogP contribution < -0.4 is 9.96 Å². The molecule has 3 atom stereocenters. The minimum absolute atomic E-state index is 0.244. The molecule has 31 heavy (non-hydrogen) atoms. The molecule has 0 bridgehead atoms. The van der Waals surface area contributed by atoms with Gasteiger partial charge in [0.15, 0.2) is 6.10 Å². The van der Waals surface area contributed by atoms with E-state index in [1.807, 2.05) is 18.2 Å². The largest absolute Gasteiger partial charge is 0.273 e. The topological polar surface area (TPSA) is 49.9 Å². The number of carbonyl (C=O) groups is 2. The summed E-state index contributed by atoms with van der Waals surface area (Å²) < 4.78 is 27.5. The number of anilines is 2. The number of rotatable bonds is 3. The molecule has 2 aliphatic heterocycles. The summed E-state index contributed by atoms with van der Waals surface area (Å²) in [4.78, 5) is 33.6. The van der Waals surface area contributed by atoms with Gasteiger partial charge in [-0.15, -0.1) is 0 Å². The summed E-state index contributed by atoms with van der Waals surface area (Å²) in [6.45, 7) is 0. The Morgan fingerprint density at radius 3 is 2.23 bits per heavy atom. The molecule has 0 radical (unpaired) electrons. The minimum Gasteiger partial charge on any atom is -0.273 e. The van der Waals surface area contributed by atoms with Crippen LogP contribution in [-0.2, 0) is 14.4 Å². The van der Waals surface area contributed by atoms with Crippen molar-refractivity contribution in [2.45, 2.75) is 12.1 Å². The van der Waals surface area contributed by atoms with E-state index < -0.39 is 41.5 Å². The second-order valence-corrected chi connectivity index (χ2v) is 8.17. The normalized spacial score (nSPS) is 22.9. The van der Waals surface area contributed by atoms with Crippen LogP contribution in [0.4, 0.5) is 20.2 Å². The molecular weight excluding hydrogens is 470 g/mol. The maximum Gasteiger partial charge on any atom is 0.266 e. The molecule has 3 aromatic carbocycles. The van der Waals surface area contributed by atoms with Crippen molar-refractivity contribution in [3.63, 3.8) is 0 Å². The summed E-state index contributed by atoms with van der Waals surface area (Å²) in [5.74, 6) is -2.73. The zero-order valence-corrected chi connectivity index (χ0v) is 17.5. The molecule has 2 heterocycles. The Hall–Kier alpha value is -3.10. The van der Waals surface area contributed by atoms with E-state index in [0.717, 1.165) is 4.90 Å². The zero-order valence-electron chi connectivity index (χ0n) is 15.9. The first kappa shape index (κ1) is 19.8. The highest BCUT2D eigenvalue weighted by Gasteiger charge is 2.60. The second-order valence-electron chi connectivity index (χ2n) is 7.32. The van der Waals surface area contributed by atoms with Crippen LogP contribution in [0.1, 0.15) is 11.6 Å². The number of hydroxylamine groups is 1. The molecule has 2 aliphatic rings. The molecule has 5 nitrogen and oxygen atoms in total. The van der Waals surface area contributed by atoms with Crippen LogP contribution in [0.5, 0.6) is 0 Å². The number of benzene rings is 3. The Morgan fingerprint density at radius 2 is 1.55 bits per heavy atom. The van der Waals surface area contributed by atoms with E-state index in [-0.39, 0.29) is 10.2 Å². The Labute approximate surface area is 184 Å². The standard InChI is InChI=1S/C23H15BrF2N2O3/c24-17-12-13(6-11-18(17)26)20-19-21(31-28(20)16-4-2-1-3-5-16)23(30)27(22(19)29)15-9-7-14(25)8-10-15/h1-12,19-21H/t19-,20+,21+/m0/s1. The molecule has 0 aliphatic carbocycles. The van der Waals surface area contributed by atoms with Crippen LogP contribution in [0.3, 0.4) is 0 Å². The smallest absolute Gasteiger partial charge is 0.266 e. The predicted molar refractivity (Wildman–Crippen MR) is 113 cm³/mol. The lowest BCUT2D eigenvalue weighted by Gasteiger charge is -2.29. The van der Waals surface area contributed by atoms with Crippen molar-refractivity contribution in [2.75, 3.05) is 9.96 Å². The van der Waals surface area contributed by atoms with E-state index in [1.165, 1.54) is 35.4 Å². The quantitative estimate of drug-likeness (QED) is 0.502. The van der Waals surface area contributed by atoms with Gasteiger partial charge in [-0.05, 0) is 70.0 Å². The average molecular weight is 485 g/mol. The number of imide groups is 1. The van der Waals surface area contributed by atoms with Gasteiger partial charge in [0.2, 0.25) is 5.91 Å². The first-order valence-corrected chi connectivity index (χ1v) is 10.3. The molecule has 2 fully saturated rings. The fourth-order valence-corrected chi connectivity index (χ4v) is 4.49. The molecular formula is C23H15BrF2N2O3. The number of fused-ring (bicyclic) bond motifs is 1. The van der Waals surface area contributed by atoms with Gasteiger partial charge in [0, 0.05) is 0 Å². The minimum atomic E-state index is -1.05. The zero-order chi connectivity index (χ0) is 21.7. The molecule has 0 unspecified atom stereocenters. The van der Waals surface area contributed by atoms with Crippen molar-refractivity contribution in [2.24, 2.45) is 5.92 Å². The van der Waals surface area contributed by atoms with Gasteiger partial charge >= 0.3 is 0 Å². The molecule has 0 spiro atoms. The summed E-state index contributed by atoms with van der Waals surface area (Å²) in [7, 11) is 0. The van der Waals surface area contributed by atoms with E-state index in [4.69, 9.17) is 4.84 Å². The van der Waals surface area contributed by atoms with Crippen LogP contribution in [0.15, 0.2) is 77.3 Å². The number of nitrogens with zero attached hydrogens (tertiary/aromatic N) is 2. The van der Waals surface area contributed by atoms with Crippen molar-refractivity contribution in [1.29, 1.82) is 0 Å². The monoisotopic (exact) mass is 484 g/mol. The van der Waals surface area contributed by atoms with E-state index in [9.17, 15) is 18.4 Å². The molecule has 0 N–H and O–H groups in total. The van der Waals surface area contributed by atoms with E-state index >= 15 is 0 Å². The Kier molecular flexibility index (Phi) is 4.83. The number of hydrogen-bond acceptors (Lipinski definition) is 4. The maximum atomic E-state index is 13.9. The van der Waals surface area contributed by atoms with Crippen LogP contribution in [-0.4, -0.2) is 17.9 Å². The van der Waals surface area contributed by atoms with E-state index in [1.54, 1.807) is 24.3 Å². The van der Waals surface area contributed by atoms with Crippen molar-refractivity contribution in [1.82, 2.24) is 0 Å². The Morgan fingerprint density at radius 1 is 0.839 bits per heavy atom. The fourth-order valence-electron chi connectivity index (χ4n) is 4.09. The lowest BCUT2D eigenvalue weighted by atomic mass is 9.90. The second kappa shape index (κ2) is 7.55. The predicted octanol–water partition coefficient (Wildman–Crippen LogP) is 4.78. The van der Waals surface area contributed by atoms with Crippen LogP contribution in [0, 0.1) is 17.6 Å². The molecule has 2 saturated heterocycles. The average Bonchev–Trinajstić information content (AvgIpc) is 3.28. The first-order valence-electron chi connectivity index (χ1n) is 9.55. The van der Waals surface area contributed by atoms with Gasteiger partial charge in [0.25, 0.3) is 5.91 Å². The van der Waals surface area contributed by atoms with Crippen LogP contribution in [0.2, 0.25) is 0 Å². The Balaban J connectivity index is 1.60. The third kappa shape index (κ3) is 3.23. The first-order chi connectivity index (χ1) is 15.0. The summed E-state index contributed by atoms with van der Waals surface area (Å²) in [6, 6.07) is 18.0. The van der Waals surface area contributed by atoms with Gasteiger partial charge in [-0.25, -0.2) is 18.7 Å². The Bertz CT molecular complexity index is 1170. The number of amides is 2. The van der Waals surface area contributed by atoms with Gasteiger partial charge < -0.3 is 0 Å². The highest BCUT2D eigenvalue weighted by Crippen LogP contribution is 2.47. The van der Waals surface area contributed by atoms with E-state index in [2.05, 4.69) is 15.9 Å². The fraction of sp³-hybridized carbons (Fsp3) is 0.130. The molecule has 156 valence electrons. The SMILES string of the molecule is O=C1[C@H]2[C@@H](c3ccc(F)c(Br)c3)N(c3ccccc3)O[C@H]2C(=O)N1c1ccc(F)cc1. The number of halogens is 3. The van der Waals surface area contributed by atoms with Crippen LogP contribution >= 0.6 is 15.9 Å². The summed E-state index contributed by atoms with van der Waals surface area (Å²) in [6.07, 6.45) is -1.05. The van der Waals surface area contributed by atoms with Gasteiger partial charge in [0.1, 0.15) is 17.6 Å². The van der Waals surface area contributed by atoms with Crippen molar-refractivity contribution >= 4 is 39.1 Å². The number of carbonyl (C=O) groups excluding carboxylic acids is 2. The van der Waals surface area contributed by atoms with Gasteiger partial charge in [-0.2, -0.15) is 0 Å². The lowest BCUT2D eigenvalue weighted by molar-refractivity contribution is -0.126. The number of hydrogen-bond donors (Lipinski definition) is 0.